The summed E-state index contributed by atoms with van der Waals surface area (Å²) in [6.45, 7) is 0.833. The van der Waals surface area contributed by atoms with Gasteiger partial charge >= 0.3 is 0 Å². The minimum absolute atomic E-state index is 0.166. The Hall–Kier alpha value is -5.23. The molecule has 0 radical (unpaired) electrons. The monoisotopic (exact) mass is 628 g/mol. The molecule has 3 aromatic heterocycles. The van der Waals surface area contributed by atoms with Gasteiger partial charge in [0.25, 0.3) is 11.5 Å². The molecule has 1 aliphatic heterocycles. The summed E-state index contributed by atoms with van der Waals surface area (Å²) >= 11 is 0. The molecule has 0 spiro atoms. The Labute approximate surface area is 256 Å². The fourth-order valence-electron chi connectivity index (χ4n) is 6.05. The summed E-state index contributed by atoms with van der Waals surface area (Å²) in [6.07, 6.45) is 1.05. The van der Waals surface area contributed by atoms with Crippen LogP contribution in [0.25, 0.3) is 55.7 Å². The van der Waals surface area contributed by atoms with Crippen LogP contribution in [0.2, 0.25) is 0 Å². The highest BCUT2D eigenvalue weighted by Gasteiger charge is 2.28. The third-order valence-corrected chi connectivity index (χ3v) is 9.54. The van der Waals surface area contributed by atoms with Crippen LogP contribution in [-0.2, 0) is 23.1 Å². The Balaban J connectivity index is 1.53. The molecule has 7 rings (SSSR count). The van der Waals surface area contributed by atoms with Crippen molar-refractivity contribution >= 4 is 43.5 Å². The smallest absolute Gasteiger partial charge is 0.255 e. The van der Waals surface area contributed by atoms with E-state index in [1.54, 1.807) is 28.8 Å². The summed E-state index contributed by atoms with van der Waals surface area (Å²) in [5.41, 5.74) is 3.35. The number of nitrogens with zero attached hydrogens (tertiary/aromatic N) is 3. The second-order valence-corrected chi connectivity index (χ2v) is 13.0. The van der Waals surface area contributed by atoms with Gasteiger partial charge in [0.05, 0.1) is 34.4 Å². The summed E-state index contributed by atoms with van der Waals surface area (Å²) in [5, 5.41) is 3.41. The zero-order chi connectivity index (χ0) is 31.8. The molecule has 0 saturated heterocycles. The van der Waals surface area contributed by atoms with E-state index in [4.69, 9.17) is 4.42 Å². The number of hydrogen-bond donors (Lipinski definition) is 1. The molecule has 9 nitrogen and oxygen atoms in total. The van der Waals surface area contributed by atoms with Gasteiger partial charge in [-0.1, -0.05) is 6.07 Å². The number of furan rings is 1. The lowest BCUT2D eigenvalue weighted by Gasteiger charge is -2.24. The van der Waals surface area contributed by atoms with Crippen molar-refractivity contribution in [2.45, 2.75) is 13.1 Å². The van der Waals surface area contributed by atoms with Crippen molar-refractivity contribution in [3.8, 4) is 33.8 Å². The number of rotatable bonds is 5. The second kappa shape index (κ2) is 10.2. The first-order valence-corrected chi connectivity index (χ1v) is 15.9. The maximum Gasteiger partial charge on any atom is 0.255 e. The number of fused-ring (bicyclic) bond motifs is 6. The van der Waals surface area contributed by atoms with E-state index in [-0.39, 0.29) is 34.0 Å². The average Bonchev–Trinajstić information content (AvgIpc) is 3.59. The van der Waals surface area contributed by atoms with Crippen LogP contribution in [0.1, 0.15) is 10.4 Å². The highest BCUT2D eigenvalue weighted by molar-refractivity contribution is 7.92. The van der Waals surface area contributed by atoms with Gasteiger partial charge in [-0.15, -0.1) is 0 Å². The minimum atomic E-state index is -3.79. The van der Waals surface area contributed by atoms with Gasteiger partial charge in [-0.05, 0) is 60.2 Å². The largest absolute Gasteiger partial charge is 0.455 e. The Morgan fingerprint density at radius 2 is 1.62 bits per heavy atom. The van der Waals surface area contributed by atoms with Crippen LogP contribution in [0.4, 0.5) is 14.5 Å². The molecule has 0 saturated carbocycles. The van der Waals surface area contributed by atoms with E-state index in [1.165, 1.54) is 56.6 Å². The van der Waals surface area contributed by atoms with Crippen LogP contribution in [0.15, 0.2) is 82.0 Å². The summed E-state index contributed by atoms with van der Waals surface area (Å²) in [7, 11) is -0.942. The third kappa shape index (κ3) is 4.51. The zero-order valence-electron chi connectivity index (χ0n) is 24.4. The molecule has 1 N–H and O–H groups in total. The van der Waals surface area contributed by atoms with Crippen LogP contribution < -0.4 is 15.2 Å². The molecular weight excluding hydrogens is 602 g/mol. The van der Waals surface area contributed by atoms with Gasteiger partial charge in [0.15, 0.2) is 0 Å². The molecule has 0 bridgehead atoms. The predicted molar refractivity (Wildman–Crippen MR) is 169 cm³/mol. The molecule has 1 aliphatic rings. The summed E-state index contributed by atoms with van der Waals surface area (Å²) in [5.74, 6) is -1.14. The number of sulfonamides is 1. The molecule has 4 heterocycles. The van der Waals surface area contributed by atoms with Crippen molar-refractivity contribution in [1.29, 1.82) is 0 Å². The number of hydrogen-bond acceptors (Lipinski definition) is 5. The van der Waals surface area contributed by atoms with Crippen molar-refractivity contribution < 1.29 is 26.4 Å². The second-order valence-electron chi connectivity index (χ2n) is 11.0. The standard InChI is InChI=1S/C33H26F2N4O5S/c1-36-33(41)31-23-15-21(26(37(2)45(3,42)43)17-29(23)44-32(31)18-7-9-20(34)10-8-18)19-13-27-28-16-22-24(35)5-4-6-25(22)38(28)11-12-39(27)30(40)14-19/h4-10,13-17H,11-12H2,1-3H3,(H,36,41). The SMILES string of the molecule is CNC(=O)c1c(-c2ccc(F)cc2)oc2cc(N(C)S(C)(=O)=O)c(-c3cc4n(c(=O)c3)CCn3c-4cc4c(F)cccc43)cc12. The van der Waals surface area contributed by atoms with Gasteiger partial charge in [-0.2, -0.15) is 0 Å². The van der Waals surface area contributed by atoms with E-state index >= 15 is 0 Å². The van der Waals surface area contributed by atoms with E-state index in [0.717, 1.165) is 10.6 Å². The number of carbonyl (C=O) groups excluding carboxylic acids is 1. The zero-order valence-corrected chi connectivity index (χ0v) is 25.2. The number of carbonyl (C=O) groups is 1. The topological polar surface area (TPSA) is 107 Å². The maximum absolute atomic E-state index is 14.7. The molecule has 0 aliphatic carbocycles. The molecule has 45 heavy (non-hydrogen) atoms. The first kappa shape index (κ1) is 28.5. The highest BCUT2D eigenvalue weighted by Crippen LogP contribution is 2.42. The molecular formula is C33H26F2N4O5S. The number of nitrogens with one attached hydrogen (secondary N) is 1. The fraction of sp³-hybridized carbons (Fsp3) is 0.152. The van der Waals surface area contributed by atoms with E-state index in [9.17, 15) is 26.8 Å². The number of aryl methyl sites for hydroxylation is 1. The van der Waals surface area contributed by atoms with E-state index in [1.807, 2.05) is 10.6 Å². The number of anilines is 1. The lowest BCUT2D eigenvalue weighted by molar-refractivity contribution is 0.0964. The number of aromatic nitrogens is 2. The minimum Gasteiger partial charge on any atom is -0.455 e. The molecule has 0 atom stereocenters. The van der Waals surface area contributed by atoms with E-state index in [2.05, 4.69) is 5.32 Å². The molecule has 0 unspecified atom stereocenters. The first-order chi connectivity index (χ1) is 21.5. The van der Waals surface area contributed by atoms with Gasteiger partial charge < -0.3 is 18.9 Å². The molecule has 3 aromatic carbocycles. The molecule has 1 amide bonds. The quantitative estimate of drug-likeness (QED) is 0.268. The van der Waals surface area contributed by atoms with Crippen LogP contribution >= 0.6 is 0 Å². The Morgan fingerprint density at radius 1 is 0.911 bits per heavy atom. The van der Waals surface area contributed by atoms with Crippen molar-refractivity contribution in [3.05, 3.63) is 100 Å². The first-order valence-electron chi connectivity index (χ1n) is 14.0. The Morgan fingerprint density at radius 3 is 2.33 bits per heavy atom. The van der Waals surface area contributed by atoms with Gasteiger partial charge in [0.2, 0.25) is 10.0 Å². The van der Waals surface area contributed by atoms with Crippen LogP contribution in [0.5, 0.6) is 0 Å². The van der Waals surface area contributed by atoms with Crippen molar-refractivity contribution in [3.63, 3.8) is 0 Å². The third-order valence-electron chi connectivity index (χ3n) is 8.34. The molecule has 6 aromatic rings. The Bertz CT molecular complexity index is 2370. The number of amides is 1. The molecule has 228 valence electrons. The molecule has 12 heteroatoms. The number of pyridine rings is 1. The Kier molecular flexibility index (Phi) is 6.44. The normalized spacial score (nSPS) is 12.7. The predicted octanol–water partition coefficient (Wildman–Crippen LogP) is 5.60. The lowest BCUT2D eigenvalue weighted by atomic mass is 9.98. The van der Waals surface area contributed by atoms with Crippen molar-refractivity contribution in [1.82, 2.24) is 14.5 Å². The summed E-state index contributed by atoms with van der Waals surface area (Å²) < 4.78 is 64.9. The van der Waals surface area contributed by atoms with E-state index < -0.39 is 21.7 Å². The van der Waals surface area contributed by atoms with Gasteiger partial charge in [-0.3, -0.25) is 13.9 Å². The lowest BCUT2D eigenvalue weighted by Crippen LogP contribution is -2.28. The van der Waals surface area contributed by atoms with Crippen LogP contribution in [0.3, 0.4) is 0 Å². The van der Waals surface area contributed by atoms with Crippen molar-refractivity contribution in [2.24, 2.45) is 0 Å². The number of halogens is 2. The van der Waals surface area contributed by atoms with Gasteiger partial charge in [-0.25, -0.2) is 17.2 Å². The summed E-state index contributed by atoms with van der Waals surface area (Å²) in [6, 6.07) is 18.3. The van der Waals surface area contributed by atoms with E-state index in [0.29, 0.717) is 57.5 Å². The average molecular weight is 629 g/mol. The molecule has 0 fully saturated rings. The van der Waals surface area contributed by atoms with Crippen LogP contribution in [0, 0.1) is 11.6 Å². The van der Waals surface area contributed by atoms with Crippen molar-refractivity contribution in [2.75, 3.05) is 24.7 Å². The number of benzene rings is 3. The highest BCUT2D eigenvalue weighted by atomic mass is 32.2. The maximum atomic E-state index is 14.7. The van der Waals surface area contributed by atoms with Gasteiger partial charge in [0.1, 0.15) is 23.0 Å². The van der Waals surface area contributed by atoms with Gasteiger partial charge in [0, 0.05) is 61.2 Å². The summed E-state index contributed by atoms with van der Waals surface area (Å²) in [4.78, 5) is 26.8. The van der Waals surface area contributed by atoms with Crippen LogP contribution in [-0.4, -0.2) is 43.8 Å². The fourth-order valence-corrected chi connectivity index (χ4v) is 6.56.